The van der Waals surface area contributed by atoms with E-state index < -0.39 is 0 Å². The Morgan fingerprint density at radius 2 is 2.21 bits per heavy atom. The van der Waals surface area contributed by atoms with Crippen molar-refractivity contribution >= 4 is 11.7 Å². The zero-order chi connectivity index (χ0) is 20.1. The van der Waals surface area contributed by atoms with Gasteiger partial charge in [0.15, 0.2) is 0 Å². The number of hydrogen-bond donors (Lipinski definition) is 1. The van der Waals surface area contributed by atoms with Crippen molar-refractivity contribution < 1.29 is 14.6 Å². The molecule has 1 aliphatic rings. The van der Waals surface area contributed by atoms with Crippen molar-refractivity contribution in [3.8, 4) is 11.3 Å². The molecule has 2 aromatic rings. The van der Waals surface area contributed by atoms with Crippen molar-refractivity contribution in [3.05, 3.63) is 29.7 Å². The molecular formula is C21H30N4O3. The molecule has 0 aliphatic carbocycles. The number of pyridine rings is 1. The number of piperidine rings is 1. The van der Waals surface area contributed by atoms with Gasteiger partial charge >= 0.3 is 5.97 Å². The maximum atomic E-state index is 11.0. The van der Waals surface area contributed by atoms with Crippen LogP contribution in [0.5, 0.6) is 0 Å². The summed E-state index contributed by atoms with van der Waals surface area (Å²) in [6, 6.07) is 4.16. The van der Waals surface area contributed by atoms with E-state index in [0.29, 0.717) is 12.5 Å². The van der Waals surface area contributed by atoms with Gasteiger partial charge in [-0.1, -0.05) is 6.92 Å². The Kier molecular flexibility index (Phi) is 6.67. The second-order valence-electron chi connectivity index (χ2n) is 7.39. The Hall–Kier alpha value is -2.41. The zero-order valence-electron chi connectivity index (χ0n) is 17.0. The average molecular weight is 386 g/mol. The molecule has 152 valence electrons. The van der Waals surface area contributed by atoms with E-state index in [0.717, 1.165) is 55.0 Å². The SMILES string of the molecule is CCc1nc(-c2cnn(C)c2CO)ccc1N1CCC[C@H](CCOC(C)=O)C1. The van der Waals surface area contributed by atoms with Crippen molar-refractivity contribution in [2.45, 2.75) is 46.1 Å². The predicted molar refractivity (Wildman–Crippen MR) is 108 cm³/mol. The lowest BCUT2D eigenvalue weighted by atomic mass is 9.94. The minimum atomic E-state index is -0.210. The van der Waals surface area contributed by atoms with E-state index in [1.165, 1.54) is 19.0 Å². The van der Waals surface area contributed by atoms with Gasteiger partial charge in [-0.2, -0.15) is 5.10 Å². The highest BCUT2D eigenvalue weighted by Gasteiger charge is 2.23. The molecule has 1 saturated heterocycles. The number of anilines is 1. The lowest BCUT2D eigenvalue weighted by molar-refractivity contribution is -0.141. The first-order valence-electron chi connectivity index (χ1n) is 10.0. The summed E-state index contributed by atoms with van der Waals surface area (Å²) < 4.78 is 6.81. The average Bonchev–Trinajstić information content (AvgIpc) is 3.08. The molecule has 3 heterocycles. The number of aliphatic hydroxyl groups is 1. The normalized spacial score (nSPS) is 17.0. The lowest BCUT2D eigenvalue weighted by Gasteiger charge is -2.35. The van der Waals surface area contributed by atoms with Gasteiger partial charge in [-0.3, -0.25) is 14.5 Å². The number of esters is 1. The van der Waals surface area contributed by atoms with Gasteiger partial charge in [0, 0.05) is 32.6 Å². The standard InChI is InChI=1S/C21H30N4O3/c1-4-18-20(25-10-5-6-16(13-25)9-11-28-15(2)27)8-7-19(23-18)17-12-22-24(3)21(17)14-26/h7-8,12,16,26H,4-6,9-11,13-14H2,1-3H3/t16-/m1/s1. The zero-order valence-corrected chi connectivity index (χ0v) is 17.0. The maximum absolute atomic E-state index is 11.0. The molecular weight excluding hydrogens is 356 g/mol. The Bertz CT molecular complexity index is 818. The van der Waals surface area contributed by atoms with E-state index in [2.05, 4.69) is 23.0 Å². The molecule has 0 radical (unpaired) electrons. The fourth-order valence-electron chi connectivity index (χ4n) is 3.95. The molecule has 1 fully saturated rings. The van der Waals surface area contributed by atoms with Gasteiger partial charge in [0.1, 0.15) is 0 Å². The molecule has 0 unspecified atom stereocenters. The Morgan fingerprint density at radius 1 is 1.39 bits per heavy atom. The molecule has 1 aliphatic heterocycles. The third kappa shape index (κ3) is 4.52. The van der Waals surface area contributed by atoms with E-state index >= 15 is 0 Å². The molecule has 0 saturated carbocycles. The summed E-state index contributed by atoms with van der Waals surface area (Å²) in [5, 5.41) is 13.9. The molecule has 1 atom stereocenters. The van der Waals surface area contributed by atoms with Crippen LogP contribution in [0.2, 0.25) is 0 Å². The first-order chi connectivity index (χ1) is 13.5. The summed E-state index contributed by atoms with van der Waals surface area (Å²) in [4.78, 5) is 18.3. The number of aromatic nitrogens is 3. The van der Waals surface area contributed by atoms with Gasteiger partial charge in [0.25, 0.3) is 0 Å². The van der Waals surface area contributed by atoms with Crippen LogP contribution < -0.4 is 4.90 Å². The van der Waals surface area contributed by atoms with Crippen molar-refractivity contribution in [3.63, 3.8) is 0 Å². The van der Waals surface area contributed by atoms with Crippen molar-refractivity contribution in [2.24, 2.45) is 13.0 Å². The van der Waals surface area contributed by atoms with Crippen molar-refractivity contribution in [1.82, 2.24) is 14.8 Å². The maximum Gasteiger partial charge on any atom is 0.302 e. The van der Waals surface area contributed by atoms with Crippen LogP contribution in [0.3, 0.4) is 0 Å². The van der Waals surface area contributed by atoms with Crippen molar-refractivity contribution in [2.75, 3.05) is 24.6 Å². The molecule has 0 aromatic carbocycles. The highest BCUT2D eigenvalue weighted by atomic mass is 16.5. The van der Waals surface area contributed by atoms with Crippen LogP contribution in [0.1, 0.15) is 44.5 Å². The smallest absolute Gasteiger partial charge is 0.302 e. The van der Waals surface area contributed by atoms with E-state index in [4.69, 9.17) is 9.72 Å². The molecule has 7 heteroatoms. The van der Waals surface area contributed by atoms with Crippen molar-refractivity contribution in [1.29, 1.82) is 0 Å². The highest BCUT2D eigenvalue weighted by molar-refractivity contribution is 5.66. The largest absolute Gasteiger partial charge is 0.466 e. The molecule has 2 aromatic heterocycles. The van der Waals surface area contributed by atoms with Gasteiger partial charge in [-0.25, -0.2) is 0 Å². The monoisotopic (exact) mass is 386 g/mol. The number of aliphatic hydroxyl groups excluding tert-OH is 1. The molecule has 1 N–H and O–H groups in total. The fourth-order valence-corrected chi connectivity index (χ4v) is 3.95. The minimum absolute atomic E-state index is 0.0626. The minimum Gasteiger partial charge on any atom is -0.466 e. The molecule has 3 rings (SSSR count). The first-order valence-corrected chi connectivity index (χ1v) is 10.0. The molecule has 7 nitrogen and oxygen atoms in total. The van der Waals surface area contributed by atoms with E-state index in [1.807, 2.05) is 13.1 Å². The van der Waals surface area contributed by atoms with Crippen LogP contribution in [0.4, 0.5) is 5.69 Å². The molecule has 28 heavy (non-hydrogen) atoms. The molecule has 0 amide bonds. The fraction of sp³-hybridized carbons (Fsp3) is 0.571. The number of carbonyl (C=O) groups is 1. The Labute approximate surface area is 166 Å². The quantitative estimate of drug-likeness (QED) is 0.737. The predicted octanol–water partition coefficient (Wildman–Crippen LogP) is 2.71. The number of aryl methyl sites for hydroxylation is 2. The third-order valence-corrected chi connectivity index (χ3v) is 5.46. The Morgan fingerprint density at radius 3 is 2.93 bits per heavy atom. The van der Waals surface area contributed by atoms with Gasteiger partial charge in [-0.15, -0.1) is 0 Å². The van der Waals surface area contributed by atoms with Gasteiger partial charge in [-0.05, 0) is 43.7 Å². The van der Waals surface area contributed by atoms with Crippen LogP contribution >= 0.6 is 0 Å². The van der Waals surface area contributed by atoms with Crippen LogP contribution in [0, 0.1) is 5.92 Å². The summed E-state index contributed by atoms with van der Waals surface area (Å²) in [6.45, 7) is 5.99. The number of carbonyl (C=O) groups excluding carboxylic acids is 1. The number of hydrogen-bond acceptors (Lipinski definition) is 6. The molecule has 0 spiro atoms. The second kappa shape index (κ2) is 9.19. The summed E-state index contributed by atoms with van der Waals surface area (Å²) in [5.41, 5.74) is 4.74. The number of nitrogens with zero attached hydrogens (tertiary/aromatic N) is 4. The van der Waals surface area contributed by atoms with Crippen LogP contribution in [-0.4, -0.2) is 45.5 Å². The van der Waals surface area contributed by atoms with E-state index in [-0.39, 0.29) is 12.6 Å². The lowest BCUT2D eigenvalue weighted by Crippen LogP contribution is -2.36. The number of rotatable bonds is 7. The van der Waals surface area contributed by atoms with Crippen LogP contribution in [0.25, 0.3) is 11.3 Å². The topological polar surface area (TPSA) is 80.5 Å². The summed E-state index contributed by atoms with van der Waals surface area (Å²) in [7, 11) is 1.83. The van der Waals surface area contributed by atoms with Gasteiger partial charge < -0.3 is 14.7 Å². The highest BCUT2D eigenvalue weighted by Crippen LogP contribution is 2.30. The number of ether oxygens (including phenoxy) is 1. The second-order valence-corrected chi connectivity index (χ2v) is 7.39. The first kappa shape index (κ1) is 20.3. The summed E-state index contributed by atoms with van der Waals surface area (Å²) in [6.07, 6.45) is 5.80. The van der Waals surface area contributed by atoms with Crippen LogP contribution in [0.15, 0.2) is 18.3 Å². The van der Waals surface area contributed by atoms with Crippen LogP contribution in [-0.2, 0) is 29.6 Å². The molecule has 0 bridgehead atoms. The Balaban J connectivity index is 1.77. The summed E-state index contributed by atoms with van der Waals surface area (Å²) in [5.74, 6) is 0.315. The van der Waals surface area contributed by atoms with E-state index in [1.54, 1.807) is 10.9 Å². The van der Waals surface area contributed by atoms with E-state index in [9.17, 15) is 9.90 Å². The van der Waals surface area contributed by atoms with Gasteiger partial charge in [0.05, 0.1) is 42.2 Å². The summed E-state index contributed by atoms with van der Waals surface area (Å²) >= 11 is 0. The third-order valence-electron chi connectivity index (χ3n) is 5.46. The van der Waals surface area contributed by atoms with Gasteiger partial charge in [0.2, 0.25) is 0 Å².